The van der Waals surface area contributed by atoms with Gasteiger partial charge in [-0.2, -0.15) is 8.42 Å². The van der Waals surface area contributed by atoms with Crippen molar-refractivity contribution < 1.29 is 20.7 Å². The molecule has 0 bridgehead atoms. The molecule has 0 radical (unpaired) electrons. The van der Waals surface area contributed by atoms with Crippen LogP contribution in [0.25, 0.3) is 0 Å². The second-order valence-corrected chi connectivity index (χ2v) is 8.42. The first-order valence-corrected chi connectivity index (χ1v) is 9.59. The highest BCUT2D eigenvalue weighted by atomic mass is 79.9. The lowest BCUT2D eigenvalue weighted by molar-refractivity contribution is 0.552. The summed E-state index contributed by atoms with van der Waals surface area (Å²) >= 11 is 3.27. The number of hydrogen-bond acceptors (Lipinski definition) is 4. The second kappa shape index (κ2) is 5.98. The van der Waals surface area contributed by atoms with Crippen molar-refractivity contribution in [1.82, 2.24) is 0 Å². The zero-order valence-electron chi connectivity index (χ0n) is 11.2. The SMILES string of the molecule is Cc1cc(Br)ccc1NS(=O)(=O)c1cccc(S(=O)(=O)F)c1. The van der Waals surface area contributed by atoms with Gasteiger partial charge < -0.3 is 0 Å². The molecule has 0 aliphatic rings. The molecular formula is C13H11BrFNO4S2. The molecule has 0 atom stereocenters. The zero-order valence-corrected chi connectivity index (χ0v) is 14.5. The Kier molecular flexibility index (Phi) is 4.59. The third kappa shape index (κ3) is 3.84. The monoisotopic (exact) mass is 407 g/mol. The maximum atomic E-state index is 13.0. The van der Waals surface area contributed by atoms with Crippen molar-refractivity contribution in [1.29, 1.82) is 0 Å². The smallest absolute Gasteiger partial charge is 0.279 e. The molecule has 0 unspecified atom stereocenters. The predicted octanol–water partition coefficient (Wildman–Crippen LogP) is 3.22. The van der Waals surface area contributed by atoms with Crippen molar-refractivity contribution >= 4 is 41.9 Å². The third-order valence-corrected chi connectivity index (χ3v) is 5.50. The Morgan fingerprint density at radius 3 is 2.23 bits per heavy atom. The lowest BCUT2D eigenvalue weighted by Crippen LogP contribution is -2.14. The van der Waals surface area contributed by atoms with Crippen LogP contribution in [-0.4, -0.2) is 16.8 Å². The lowest BCUT2D eigenvalue weighted by atomic mass is 10.2. The summed E-state index contributed by atoms with van der Waals surface area (Å²) < 4.78 is 62.4. The first kappa shape index (κ1) is 16.9. The molecule has 0 saturated carbocycles. The van der Waals surface area contributed by atoms with Gasteiger partial charge in [0.2, 0.25) is 0 Å². The maximum Gasteiger partial charge on any atom is 0.332 e. The number of rotatable bonds is 4. The zero-order chi connectivity index (χ0) is 16.5. The van der Waals surface area contributed by atoms with Gasteiger partial charge in [0.1, 0.15) is 0 Å². The summed E-state index contributed by atoms with van der Waals surface area (Å²) in [6.07, 6.45) is 0. The van der Waals surface area contributed by atoms with Crippen molar-refractivity contribution in [2.24, 2.45) is 0 Å². The van der Waals surface area contributed by atoms with E-state index in [0.717, 1.165) is 22.7 Å². The van der Waals surface area contributed by atoms with E-state index in [2.05, 4.69) is 20.7 Å². The topological polar surface area (TPSA) is 80.3 Å². The molecule has 0 amide bonds. The van der Waals surface area contributed by atoms with Crippen LogP contribution in [-0.2, 0) is 20.2 Å². The van der Waals surface area contributed by atoms with Gasteiger partial charge in [-0.3, -0.25) is 4.72 Å². The molecule has 0 aromatic heterocycles. The largest absolute Gasteiger partial charge is 0.332 e. The molecule has 9 heteroatoms. The van der Waals surface area contributed by atoms with Gasteiger partial charge in [0.25, 0.3) is 10.0 Å². The quantitative estimate of drug-likeness (QED) is 0.788. The number of hydrogen-bond donors (Lipinski definition) is 1. The van der Waals surface area contributed by atoms with E-state index in [0.29, 0.717) is 11.3 Å². The minimum absolute atomic E-state index is 0.339. The molecule has 1 N–H and O–H groups in total. The minimum atomic E-state index is -4.97. The van der Waals surface area contributed by atoms with Crippen molar-refractivity contribution in [2.45, 2.75) is 16.7 Å². The van der Waals surface area contributed by atoms with E-state index in [1.165, 1.54) is 6.07 Å². The van der Waals surface area contributed by atoms with Crippen LogP contribution in [0.1, 0.15) is 5.56 Å². The van der Waals surface area contributed by atoms with Crippen LogP contribution in [0.5, 0.6) is 0 Å². The normalized spacial score (nSPS) is 12.1. The number of sulfonamides is 1. The number of benzene rings is 2. The summed E-state index contributed by atoms with van der Waals surface area (Å²) in [6.45, 7) is 1.71. The fourth-order valence-electron chi connectivity index (χ4n) is 1.74. The Labute approximate surface area is 136 Å². The van der Waals surface area contributed by atoms with Crippen LogP contribution in [0.15, 0.2) is 56.7 Å². The molecule has 0 spiro atoms. The van der Waals surface area contributed by atoms with E-state index in [1.54, 1.807) is 25.1 Å². The van der Waals surface area contributed by atoms with E-state index >= 15 is 0 Å². The molecule has 5 nitrogen and oxygen atoms in total. The minimum Gasteiger partial charge on any atom is -0.279 e. The molecule has 0 saturated heterocycles. The Bertz CT molecular complexity index is 927. The van der Waals surface area contributed by atoms with Gasteiger partial charge in [-0.15, -0.1) is 3.89 Å². The van der Waals surface area contributed by atoms with Crippen LogP contribution >= 0.6 is 15.9 Å². The van der Waals surface area contributed by atoms with Gasteiger partial charge in [0, 0.05) is 4.47 Å². The van der Waals surface area contributed by atoms with E-state index in [1.807, 2.05) is 0 Å². The van der Waals surface area contributed by atoms with E-state index < -0.39 is 25.1 Å². The predicted molar refractivity (Wildman–Crippen MR) is 84.4 cm³/mol. The number of nitrogens with one attached hydrogen (secondary N) is 1. The lowest BCUT2D eigenvalue weighted by Gasteiger charge is -2.11. The molecule has 0 aliphatic carbocycles. The van der Waals surface area contributed by atoms with Crippen molar-refractivity contribution in [2.75, 3.05) is 4.72 Å². The van der Waals surface area contributed by atoms with Crippen LogP contribution in [0.2, 0.25) is 0 Å². The number of halogens is 2. The first-order valence-electron chi connectivity index (χ1n) is 5.93. The van der Waals surface area contributed by atoms with Crippen molar-refractivity contribution in [3.8, 4) is 0 Å². The summed E-state index contributed by atoms with van der Waals surface area (Å²) in [5.74, 6) is 0. The maximum absolute atomic E-state index is 13.0. The fraction of sp³-hybridized carbons (Fsp3) is 0.0769. The van der Waals surface area contributed by atoms with E-state index in [-0.39, 0.29) is 4.90 Å². The van der Waals surface area contributed by atoms with Gasteiger partial charge in [-0.25, -0.2) is 8.42 Å². The van der Waals surface area contributed by atoms with Gasteiger partial charge in [-0.05, 0) is 48.9 Å². The number of anilines is 1. The molecule has 2 aromatic carbocycles. The summed E-state index contributed by atoms with van der Waals surface area (Å²) in [5, 5.41) is 0. The summed E-state index contributed by atoms with van der Waals surface area (Å²) in [5.41, 5.74) is 1.02. The highest BCUT2D eigenvalue weighted by Gasteiger charge is 2.19. The van der Waals surface area contributed by atoms with Gasteiger partial charge in [0.15, 0.2) is 0 Å². The Morgan fingerprint density at radius 2 is 1.64 bits per heavy atom. The first-order chi connectivity index (χ1) is 10.1. The van der Waals surface area contributed by atoms with Crippen LogP contribution in [0.4, 0.5) is 9.57 Å². The molecule has 0 fully saturated rings. The average molecular weight is 408 g/mol. The third-order valence-electron chi connectivity index (χ3n) is 2.83. The van der Waals surface area contributed by atoms with Crippen LogP contribution in [0.3, 0.4) is 0 Å². The van der Waals surface area contributed by atoms with Crippen molar-refractivity contribution in [3.63, 3.8) is 0 Å². The van der Waals surface area contributed by atoms with Crippen LogP contribution in [0, 0.1) is 6.92 Å². The van der Waals surface area contributed by atoms with Crippen molar-refractivity contribution in [3.05, 3.63) is 52.5 Å². The fourth-order valence-corrected chi connectivity index (χ4v) is 3.97. The Hall–Kier alpha value is -1.45. The number of aryl methyl sites for hydroxylation is 1. The van der Waals surface area contributed by atoms with E-state index in [9.17, 15) is 20.7 Å². The van der Waals surface area contributed by atoms with Gasteiger partial charge in [0.05, 0.1) is 15.5 Å². The highest BCUT2D eigenvalue weighted by Crippen LogP contribution is 2.24. The Balaban J connectivity index is 2.43. The van der Waals surface area contributed by atoms with E-state index in [4.69, 9.17) is 0 Å². The summed E-state index contributed by atoms with van der Waals surface area (Å²) in [4.78, 5) is -1.04. The second-order valence-electron chi connectivity index (χ2n) is 4.48. The summed E-state index contributed by atoms with van der Waals surface area (Å²) in [6, 6.07) is 9.05. The Morgan fingerprint density at radius 1 is 1.00 bits per heavy atom. The molecule has 2 rings (SSSR count). The molecular weight excluding hydrogens is 397 g/mol. The standard InChI is InChI=1S/C13H11BrFNO4S2/c1-9-7-10(14)5-6-13(9)16-22(19,20)12-4-2-3-11(8-12)21(15,17)18/h2-8,16H,1H3. The van der Waals surface area contributed by atoms with Gasteiger partial charge >= 0.3 is 10.2 Å². The molecule has 118 valence electrons. The van der Waals surface area contributed by atoms with Gasteiger partial charge in [-0.1, -0.05) is 22.0 Å². The molecule has 0 aliphatic heterocycles. The molecule has 2 aromatic rings. The molecule has 0 heterocycles. The highest BCUT2D eigenvalue weighted by molar-refractivity contribution is 9.10. The summed E-state index contributed by atoms with van der Waals surface area (Å²) in [7, 11) is -9.00. The molecule has 22 heavy (non-hydrogen) atoms. The average Bonchev–Trinajstić information content (AvgIpc) is 2.41. The van der Waals surface area contributed by atoms with Crippen LogP contribution < -0.4 is 4.72 Å².